The Labute approximate surface area is 135 Å². The van der Waals surface area contributed by atoms with Crippen LogP contribution in [0.1, 0.15) is 23.3 Å². The van der Waals surface area contributed by atoms with Crippen LogP contribution in [0.4, 0.5) is 0 Å². The lowest BCUT2D eigenvalue weighted by atomic mass is 10.1. The Morgan fingerprint density at radius 1 is 1.48 bits per heavy atom. The number of nitrogens with one attached hydrogen (secondary N) is 1. The van der Waals surface area contributed by atoms with E-state index in [1.807, 2.05) is 31.3 Å². The minimum Gasteiger partial charge on any atom is -0.497 e. The molecule has 122 valence electrons. The predicted octanol–water partition coefficient (Wildman–Crippen LogP) is 2.00. The zero-order valence-electron chi connectivity index (χ0n) is 13.4. The smallest absolute Gasteiger partial charge is 0.271 e. The third-order valence-corrected chi connectivity index (χ3v) is 3.99. The number of hydrogen-bond donors (Lipinski definition) is 1. The molecule has 1 unspecified atom stereocenters. The van der Waals surface area contributed by atoms with Crippen LogP contribution in [0.2, 0.25) is 0 Å². The number of methoxy groups -OCH3 is 1. The molecule has 0 saturated carbocycles. The molecule has 1 N–H and O–H groups in total. The van der Waals surface area contributed by atoms with Gasteiger partial charge in [0.15, 0.2) is 5.69 Å². The van der Waals surface area contributed by atoms with Crippen molar-refractivity contribution in [2.24, 2.45) is 7.05 Å². The summed E-state index contributed by atoms with van der Waals surface area (Å²) in [5.41, 5.74) is 2.23. The van der Waals surface area contributed by atoms with E-state index < -0.39 is 0 Å². The Morgan fingerprint density at radius 3 is 3.09 bits per heavy atom. The summed E-state index contributed by atoms with van der Waals surface area (Å²) < 4.78 is 12.5. The maximum absolute atomic E-state index is 12.3. The van der Waals surface area contributed by atoms with Crippen molar-refractivity contribution in [3.8, 4) is 17.0 Å². The molecule has 1 fully saturated rings. The Morgan fingerprint density at radius 2 is 2.35 bits per heavy atom. The first-order valence-electron chi connectivity index (χ1n) is 7.75. The van der Waals surface area contributed by atoms with Gasteiger partial charge in [0, 0.05) is 25.8 Å². The van der Waals surface area contributed by atoms with Crippen LogP contribution in [0.15, 0.2) is 30.3 Å². The van der Waals surface area contributed by atoms with Gasteiger partial charge < -0.3 is 14.8 Å². The van der Waals surface area contributed by atoms with Crippen LogP contribution in [0.25, 0.3) is 11.3 Å². The number of rotatable bonds is 5. The van der Waals surface area contributed by atoms with Gasteiger partial charge in [-0.3, -0.25) is 9.48 Å². The second-order valence-corrected chi connectivity index (χ2v) is 5.62. The number of benzene rings is 1. The lowest BCUT2D eigenvalue weighted by Gasteiger charge is -2.09. The minimum absolute atomic E-state index is 0.125. The van der Waals surface area contributed by atoms with E-state index in [1.54, 1.807) is 17.9 Å². The van der Waals surface area contributed by atoms with Gasteiger partial charge in [-0.1, -0.05) is 12.1 Å². The molecular formula is C17H21N3O3. The molecule has 1 aliphatic heterocycles. The first-order valence-corrected chi connectivity index (χ1v) is 7.75. The molecule has 0 spiro atoms. The van der Waals surface area contributed by atoms with Gasteiger partial charge in [0.2, 0.25) is 0 Å². The average Bonchev–Trinajstić information content (AvgIpc) is 3.22. The van der Waals surface area contributed by atoms with Crippen molar-refractivity contribution < 1.29 is 14.3 Å². The van der Waals surface area contributed by atoms with E-state index in [9.17, 15) is 4.79 Å². The number of carbonyl (C=O) groups excluding carboxylic acids is 1. The lowest BCUT2D eigenvalue weighted by Crippen LogP contribution is -2.32. The van der Waals surface area contributed by atoms with E-state index in [2.05, 4.69) is 10.4 Å². The monoisotopic (exact) mass is 315 g/mol. The number of hydrogen-bond acceptors (Lipinski definition) is 4. The van der Waals surface area contributed by atoms with Crippen LogP contribution in [-0.2, 0) is 11.8 Å². The second kappa shape index (κ2) is 6.83. The highest BCUT2D eigenvalue weighted by Gasteiger charge is 2.18. The molecule has 1 amide bonds. The fraction of sp³-hybridized carbons (Fsp3) is 0.412. The Hall–Kier alpha value is -2.34. The molecule has 1 aromatic carbocycles. The van der Waals surface area contributed by atoms with Gasteiger partial charge in [-0.2, -0.15) is 5.10 Å². The third-order valence-electron chi connectivity index (χ3n) is 3.99. The van der Waals surface area contributed by atoms with E-state index in [-0.39, 0.29) is 12.0 Å². The lowest BCUT2D eigenvalue weighted by molar-refractivity contribution is 0.0853. The summed E-state index contributed by atoms with van der Waals surface area (Å²) in [6, 6.07) is 9.48. The maximum Gasteiger partial charge on any atom is 0.271 e. The molecule has 0 radical (unpaired) electrons. The number of aromatic nitrogens is 2. The summed E-state index contributed by atoms with van der Waals surface area (Å²) in [6.07, 6.45) is 2.18. The van der Waals surface area contributed by atoms with Crippen LogP contribution in [-0.4, -0.2) is 42.1 Å². The van der Waals surface area contributed by atoms with Crippen molar-refractivity contribution in [1.29, 1.82) is 0 Å². The molecule has 1 saturated heterocycles. The maximum atomic E-state index is 12.3. The quantitative estimate of drug-likeness (QED) is 0.916. The first-order chi connectivity index (χ1) is 11.2. The number of amides is 1. The first kappa shape index (κ1) is 15.6. The summed E-state index contributed by atoms with van der Waals surface area (Å²) in [5.74, 6) is 0.596. The number of nitrogens with zero attached hydrogens (tertiary/aromatic N) is 2. The third kappa shape index (κ3) is 3.53. The van der Waals surface area contributed by atoms with Crippen LogP contribution in [0, 0.1) is 0 Å². The highest BCUT2D eigenvalue weighted by atomic mass is 16.5. The van der Waals surface area contributed by atoms with Gasteiger partial charge in [-0.15, -0.1) is 0 Å². The summed E-state index contributed by atoms with van der Waals surface area (Å²) >= 11 is 0. The molecule has 1 aromatic heterocycles. The highest BCUT2D eigenvalue weighted by molar-refractivity contribution is 5.93. The number of carbonyl (C=O) groups is 1. The Balaban J connectivity index is 1.73. The van der Waals surface area contributed by atoms with Crippen LogP contribution < -0.4 is 10.1 Å². The summed E-state index contributed by atoms with van der Waals surface area (Å²) in [7, 11) is 3.46. The SMILES string of the molecule is COc1cccc(-c2cc(C(=O)NCC3CCCO3)nn2C)c1. The van der Waals surface area contributed by atoms with Crippen molar-refractivity contribution in [2.75, 3.05) is 20.3 Å². The molecule has 6 nitrogen and oxygen atoms in total. The number of aryl methyl sites for hydroxylation is 1. The Bertz CT molecular complexity index is 690. The molecule has 2 heterocycles. The van der Waals surface area contributed by atoms with Crippen molar-refractivity contribution >= 4 is 5.91 Å². The van der Waals surface area contributed by atoms with Crippen LogP contribution >= 0.6 is 0 Å². The topological polar surface area (TPSA) is 65.4 Å². The van der Waals surface area contributed by atoms with Crippen molar-refractivity contribution in [2.45, 2.75) is 18.9 Å². The van der Waals surface area contributed by atoms with Crippen molar-refractivity contribution in [1.82, 2.24) is 15.1 Å². The zero-order chi connectivity index (χ0) is 16.2. The largest absolute Gasteiger partial charge is 0.497 e. The van der Waals surface area contributed by atoms with Crippen LogP contribution in [0.3, 0.4) is 0 Å². The van der Waals surface area contributed by atoms with Gasteiger partial charge >= 0.3 is 0 Å². The Kier molecular flexibility index (Phi) is 4.62. The molecule has 6 heteroatoms. The summed E-state index contributed by atoms with van der Waals surface area (Å²) in [4.78, 5) is 12.3. The molecule has 0 bridgehead atoms. The summed E-state index contributed by atoms with van der Waals surface area (Å²) in [6.45, 7) is 1.31. The zero-order valence-corrected chi connectivity index (χ0v) is 13.4. The fourth-order valence-electron chi connectivity index (χ4n) is 2.73. The summed E-state index contributed by atoms with van der Waals surface area (Å²) in [5, 5.41) is 7.20. The molecule has 1 atom stereocenters. The van der Waals surface area contributed by atoms with E-state index >= 15 is 0 Å². The average molecular weight is 315 g/mol. The molecule has 0 aliphatic carbocycles. The predicted molar refractivity (Wildman–Crippen MR) is 86.5 cm³/mol. The van der Waals surface area contributed by atoms with E-state index in [0.29, 0.717) is 12.2 Å². The van der Waals surface area contributed by atoms with Crippen molar-refractivity contribution in [3.05, 3.63) is 36.0 Å². The highest BCUT2D eigenvalue weighted by Crippen LogP contribution is 2.24. The molecule has 23 heavy (non-hydrogen) atoms. The van der Waals surface area contributed by atoms with E-state index in [4.69, 9.17) is 9.47 Å². The van der Waals surface area contributed by atoms with Gasteiger partial charge in [0.05, 0.1) is 18.9 Å². The molecule has 3 rings (SSSR count). The molecule has 1 aliphatic rings. The normalized spacial score (nSPS) is 17.2. The molecular weight excluding hydrogens is 294 g/mol. The van der Waals surface area contributed by atoms with Crippen molar-refractivity contribution in [3.63, 3.8) is 0 Å². The second-order valence-electron chi connectivity index (χ2n) is 5.62. The van der Waals surface area contributed by atoms with Gasteiger partial charge in [-0.25, -0.2) is 0 Å². The van der Waals surface area contributed by atoms with E-state index in [0.717, 1.165) is 36.5 Å². The van der Waals surface area contributed by atoms with Gasteiger partial charge in [-0.05, 0) is 31.0 Å². The van der Waals surface area contributed by atoms with Gasteiger partial charge in [0.1, 0.15) is 5.75 Å². The molecule has 2 aromatic rings. The minimum atomic E-state index is -0.176. The standard InChI is InChI=1S/C17H21N3O3/c1-20-16(12-5-3-6-13(9-12)22-2)10-15(19-20)17(21)18-11-14-7-4-8-23-14/h3,5-6,9-10,14H,4,7-8,11H2,1-2H3,(H,18,21). The van der Waals surface area contributed by atoms with Gasteiger partial charge in [0.25, 0.3) is 5.91 Å². The fourth-order valence-corrected chi connectivity index (χ4v) is 2.73. The number of ether oxygens (including phenoxy) is 2. The van der Waals surface area contributed by atoms with E-state index in [1.165, 1.54) is 0 Å². The van der Waals surface area contributed by atoms with Crippen LogP contribution in [0.5, 0.6) is 5.75 Å².